The molecular formula is C19H18O3. The zero-order chi connectivity index (χ0) is 16.1. The molecule has 0 aliphatic carbocycles. The second-order valence-corrected chi connectivity index (χ2v) is 5.37. The number of carboxylic acid groups (broad SMARTS) is 1. The number of carboxylic acids is 1. The summed E-state index contributed by atoms with van der Waals surface area (Å²) in [5.74, 6) is -0.952. The lowest BCUT2D eigenvalue weighted by Crippen LogP contribution is -2.06. The minimum atomic E-state index is -1.10. The van der Waals surface area contributed by atoms with Crippen molar-refractivity contribution in [3.05, 3.63) is 76.9 Å². The van der Waals surface area contributed by atoms with Crippen LogP contribution in [0.5, 0.6) is 0 Å². The second kappa shape index (κ2) is 6.85. The molecule has 0 aliphatic rings. The van der Waals surface area contributed by atoms with Gasteiger partial charge in [-0.3, -0.25) is 4.79 Å². The third-order valence-electron chi connectivity index (χ3n) is 3.45. The van der Waals surface area contributed by atoms with E-state index < -0.39 is 5.97 Å². The summed E-state index contributed by atoms with van der Waals surface area (Å²) < 4.78 is 0. The number of ketones is 1. The largest absolute Gasteiger partial charge is 0.478 e. The van der Waals surface area contributed by atoms with E-state index in [0.29, 0.717) is 5.92 Å². The van der Waals surface area contributed by atoms with Crippen LogP contribution < -0.4 is 0 Å². The Labute approximate surface area is 129 Å². The van der Waals surface area contributed by atoms with Crippen LogP contribution in [0, 0.1) is 0 Å². The van der Waals surface area contributed by atoms with E-state index in [-0.39, 0.29) is 16.9 Å². The van der Waals surface area contributed by atoms with E-state index in [4.69, 9.17) is 5.11 Å². The molecule has 0 radical (unpaired) electrons. The van der Waals surface area contributed by atoms with Crippen molar-refractivity contribution in [3.8, 4) is 0 Å². The van der Waals surface area contributed by atoms with Gasteiger partial charge in [-0.2, -0.15) is 0 Å². The van der Waals surface area contributed by atoms with Crippen molar-refractivity contribution in [1.29, 1.82) is 0 Å². The zero-order valence-corrected chi connectivity index (χ0v) is 12.6. The van der Waals surface area contributed by atoms with Gasteiger partial charge >= 0.3 is 5.97 Å². The van der Waals surface area contributed by atoms with Gasteiger partial charge < -0.3 is 5.11 Å². The molecule has 2 aromatic rings. The third-order valence-corrected chi connectivity index (χ3v) is 3.45. The molecule has 2 aromatic carbocycles. The Morgan fingerprint density at radius 2 is 1.55 bits per heavy atom. The number of benzene rings is 2. The normalized spacial score (nSPS) is 11.0. The molecule has 2 rings (SSSR count). The monoisotopic (exact) mass is 294 g/mol. The standard InChI is InChI=1S/C19H18O3/c1-13(2)15-10-7-14(8-11-15)9-12-18(20)16-5-3-4-6-17(16)19(21)22/h3-13H,1-2H3,(H,21,22)/b12-9+. The van der Waals surface area contributed by atoms with E-state index in [1.54, 1.807) is 18.2 Å². The van der Waals surface area contributed by atoms with Crippen molar-refractivity contribution < 1.29 is 14.7 Å². The molecular weight excluding hydrogens is 276 g/mol. The number of rotatable bonds is 5. The Bertz CT molecular complexity index is 710. The lowest BCUT2D eigenvalue weighted by Gasteiger charge is -2.04. The highest BCUT2D eigenvalue weighted by atomic mass is 16.4. The molecule has 112 valence electrons. The van der Waals surface area contributed by atoms with Crippen LogP contribution in [-0.4, -0.2) is 16.9 Å². The van der Waals surface area contributed by atoms with Gasteiger partial charge in [0.1, 0.15) is 0 Å². The summed E-state index contributed by atoms with van der Waals surface area (Å²) in [6, 6.07) is 14.2. The maximum atomic E-state index is 12.2. The lowest BCUT2D eigenvalue weighted by atomic mass is 10.0. The maximum absolute atomic E-state index is 12.2. The van der Waals surface area contributed by atoms with Gasteiger partial charge in [0.15, 0.2) is 5.78 Å². The number of hydrogen-bond donors (Lipinski definition) is 1. The van der Waals surface area contributed by atoms with Crippen molar-refractivity contribution in [2.45, 2.75) is 19.8 Å². The van der Waals surface area contributed by atoms with Crippen LogP contribution in [-0.2, 0) is 0 Å². The van der Waals surface area contributed by atoms with Gasteiger partial charge in [0, 0.05) is 5.56 Å². The minimum Gasteiger partial charge on any atom is -0.478 e. The summed E-state index contributed by atoms with van der Waals surface area (Å²) in [4.78, 5) is 23.3. The van der Waals surface area contributed by atoms with E-state index in [2.05, 4.69) is 13.8 Å². The number of hydrogen-bond acceptors (Lipinski definition) is 2. The molecule has 0 atom stereocenters. The highest BCUT2D eigenvalue weighted by Gasteiger charge is 2.13. The smallest absolute Gasteiger partial charge is 0.336 e. The van der Waals surface area contributed by atoms with Gasteiger partial charge in [-0.05, 0) is 29.2 Å². The number of carbonyl (C=O) groups excluding carboxylic acids is 1. The van der Waals surface area contributed by atoms with Gasteiger partial charge in [0.05, 0.1) is 5.56 Å². The summed E-state index contributed by atoms with van der Waals surface area (Å²) in [5.41, 5.74) is 2.36. The van der Waals surface area contributed by atoms with Crippen LogP contribution in [0.15, 0.2) is 54.6 Å². The third kappa shape index (κ3) is 3.70. The molecule has 0 aliphatic heterocycles. The highest BCUT2D eigenvalue weighted by molar-refractivity contribution is 6.12. The first kappa shape index (κ1) is 15.7. The average molecular weight is 294 g/mol. The molecule has 0 fully saturated rings. The first-order chi connectivity index (χ1) is 10.5. The summed E-state index contributed by atoms with van der Waals surface area (Å²) >= 11 is 0. The van der Waals surface area contributed by atoms with Crippen molar-refractivity contribution >= 4 is 17.8 Å². The molecule has 0 heterocycles. The van der Waals surface area contributed by atoms with Crippen LogP contribution in [0.1, 0.15) is 51.6 Å². The molecule has 0 saturated carbocycles. The SMILES string of the molecule is CC(C)c1ccc(/C=C/C(=O)c2ccccc2C(=O)O)cc1. The molecule has 0 aromatic heterocycles. The topological polar surface area (TPSA) is 54.4 Å². The van der Waals surface area contributed by atoms with E-state index in [1.807, 2.05) is 24.3 Å². The van der Waals surface area contributed by atoms with Crippen LogP contribution in [0.4, 0.5) is 0 Å². The van der Waals surface area contributed by atoms with Crippen LogP contribution in [0.3, 0.4) is 0 Å². The summed E-state index contributed by atoms with van der Waals surface area (Å²) in [7, 11) is 0. The Hall–Kier alpha value is -2.68. The Kier molecular flexibility index (Phi) is 4.89. The van der Waals surface area contributed by atoms with Gasteiger partial charge in [0.25, 0.3) is 0 Å². The molecule has 3 nitrogen and oxygen atoms in total. The maximum Gasteiger partial charge on any atom is 0.336 e. The van der Waals surface area contributed by atoms with Gasteiger partial charge in [-0.25, -0.2) is 4.79 Å². The predicted octanol–water partition coefficient (Wildman–Crippen LogP) is 4.40. The molecule has 0 unspecified atom stereocenters. The van der Waals surface area contributed by atoms with Crippen LogP contribution in [0.25, 0.3) is 6.08 Å². The lowest BCUT2D eigenvalue weighted by molar-refractivity contribution is 0.0693. The van der Waals surface area contributed by atoms with Crippen molar-refractivity contribution in [3.63, 3.8) is 0 Å². The Morgan fingerprint density at radius 1 is 0.955 bits per heavy atom. The van der Waals surface area contributed by atoms with E-state index >= 15 is 0 Å². The molecule has 0 spiro atoms. The molecule has 0 amide bonds. The quantitative estimate of drug-likeness (QED) is 0.656. The average Bonchev–Trinajstić information content (AvgIpc) is 2.53. The highest BCUT2D eigenvalue weighted by Crippen LogP contribution is 2.16. The van der Waals surface area contributed by atoms with E-state index in [1.165, 1.54) is 23.8 Å². The molecule has 1 N–H and O–H groups in total. The molecule has 3 heteroatoms. The van der Waals surface area contributed by atoms with E-state index in [9.17, 15) is 9.59 Å². The van der Waals surface area contributed by atoms with Gasteiger partial charge in [-0.1, -0.05) is 62.4 Å². The number of carbonyl (C=O) groups is 2. The molecule has 22 heavy (non-hydrogen) atoms. The minimum absolute atomic E-state index is 0.0207. The fraction of sp³-hybridized carbons (Fsp3) is 0.158. The Balaban J connectivity index is 2.20. The fourth-order valence-corrected chi connectivity index (χ4v) is 2.14. The van der Waals surface area contributed by atoms with Crippen LogP contribution in [0.2, 0.25) is 0 Å². The number of allylic oxidation sites excluding steroid dienone is 1. The van der Waals surface area contributed by atoms with Gasteiger partial charge in [-0.15, -0.1) is 0 Å². The summed E-state index contributed by atoms with van der Waals surface area (Å²) in [6.45, 7) is 4.24. The van der Waals surface area contributed by atoms with Crippen molar-refractivity contribution in [2.24, 2.45) is 0 Å². The summed E-state index contributed by atoms with van der Waals surface area (Å²) in [6.07, 6.45) is 3.11. The fourth-order valence-electron chi connectivity index (χ4n) is 2.14. The first-order valence-electron chi connectivity index (χ1n) is 7.13. The predicted molar refractivity (Wildman–Crippen MR) is 87.3 cm³/mol. The van der Waals surface area contributed by atoms with Crippen LogP contribution >= 0.6 is 0 Å². The molecule has 0 saturated heterocycles. The number of aromatic carboxylic acids is 1. The second-order valence-electron chi connectivity index (χ2n) is 5.37. The first-order valence-corrected chi connectivity index (χ1v) is 7.13. The molecule has 0 bridgehead atoms. The van der Waals surface area contributed by atoms with Gasteiger partial charge in [0.2, 0.25) is 0 Å². The zero-order valence-electron chi connectivity index (χ0n) is 12.6. The van der Waals surface area contributed by atoms with E-state index in [0.717, 1.165) is 5.56 Å². The van der Waals surface area contributed by atoms with Crippen molar-refractivity contribution in [2.75, 3.05) is 0 Å². The van der Waals surface area contributed by atoms with Crippen molar-refractivity contribution in [1.82, 2.24) is 0 Å². The summed E-state index contributed by atoms with van der Waals surface area (Å²) in [5, 5.41) is 9.11. The Morgan fingerprint density at radius 3 is 2.09 bits per heavy atom.